The molecule has 0 unspecified atom stereocenters. The van der Waals surface area contributed by atoms with Crippen LogP contribution >= 0.6 is 11.6 Å². The molecule has 0 radical (unpaired) electrons. The van der Waals surface area contributed by atoms with Gasteiger partial charge in [-0.25, -0.2) is 13.2 Å². The van der Waals surface area contributed by atoms with Gasteiger partial charge in [0.15, 0.2) is 11.6 Å². The van der Waals surface area contributed by atoms with Crippen LogP contribution in [0.5, 0.6) is 0 Å². The van der Waals surface area contributed by atoms with E-state index in [1.54, 1.807) is 0 Å². The highest BCUT2D eigenvalue weighted by molar-refractivity contribution is 6.67. The van der Waals surface area contributed by atoms with Gasteiger partial charge in [-0.1, -0.05) is 0 Å². The number of halogens is 4. The van der Waals surface area contributed by atoms with E-state index in [1.165, 1.54) is 14.2 Å². The van der Waals surface area contributed by atoms with Crippen LogP contribution in [0.15, 0.2) is 6.07 Å². The quantitative estimate of drug-likeness (QED) is 0.366. The summed E-state index contributed by atoms with van der Waals surface area (Å²) in [6.07, 6.45) is -0.312. The zero-order chi connectivity index (χ0) is 17.4. The molecule has 22 heavy (non-hydrogen) atoms. The second-order valence-corrected chi connectivity index (χ2v) is 4.10. The van der Waals surface area contributed by atoms with Crippen LogP contribution in [-0.4, -0.2) is 31.4 Å². The van der Waals surface area contributed by atoms with Gasteiger partial charge in [0.25, 0.3) is 5.24 Å². The lowest BCUT2D eigenvalue weighted by Crippen LogP contribution is -2.09. The molecule has 5 nitrogen and oxygen atoms in total. The first kappa shape index (κ1) is 19.9. The van der Waals surface area contributed by atoms with Crippen LogP contribution in [0.1, 0.15) is 22.3 Å². The lowest BCUT2D eigenvalue weighted by molar-refractivity contribution is -0.151. The van der Waals surface area contributed by atoms with Crippen LogP contribution in [0.25, 0.3) is 0 Å². The Hall–Kier alpha value is -2.09. The van der Waals surface area contributed by atoms with Gasteiger partial charge in [-0.05, 0) is 24.6 Å². The predicted octanol–water partition coefficient (Wildman–Crippen LogP) is 2.51. The Balaban J connectivity index is 0.000000433. The number of hydrogen-bond donors (Lipinski definition) is 0. The van der Waals surface area contributed by atoms with Crippen molar-refractivity contribution in [1.82, 2.24) is 0 Å². The van der Waals surface area contributed by atoms with Crippen LogP contribution in [-0.2, 0) is 19.1 Å². The van der Waals surface area contributed by atoms with Gasteiger partial charge in [-0.15, -0.1) is 0 Å². The van der Waals surface area contributed by atoms with Crippen molar-refractivity contribution >= 4 is 28.8 Å². The number of esters is 2. The predicted molar refractivity (Wildman–Crippen MR) is 69.9 cm³/mol. The van der Waals surface area contributed by atoms with Crippen LogP contribution in [0.3, 0.4) is 0 Å². The molecule has 0 heterocycles. The van der Waals surface area contributed by atoms with Crippen molar-refractivity contribution in [1.29, 1.82) is 0 Å². The third kappa shape index (κ3) is 5.72. The minimum absolute atomic E-state index is 0.312. The van der Waals surface area contributed by atoms with Crippen molar-refractivity contribution in [2.45, 2.75) is 13.3 Å². The summed E-state index contributed by atoms with van der Waals surface area (Å²) in [4.78, 5) is 31.0. The lowest BCUT2D eigenvalue weighted by Gasteiger charge is -2.03. The van der Waals surface area contributed by atoms with Crippen LogP contribution in [0.2, 0.25) is 0 Å². The maximum atomic E-state index is 13.0. The minimum Gasteiger partial charge on any atom is -0.469 e. The molecule has 0 saturated carbocycles. The zero-order valence-electron chi connectivity index (χ0n) is 11.8. The molecule has 1 aromatic carbocycles. The highest BCUT2D eigenvalue weighted by Gasteiger charge is 2.18. The number of ether oxygens (including phenoxy) is 2. The molecule has 0 bridgehead atoms. The maximum Gasteiger partial charge on any atom is 0.316 e. The number of carbonyl (C=O) groups is 3. The van der Waals surface area contributed by atoms with Crippen molar-refractivity contribution in [3.8, 4) is 0 Å². The highest BCUT2D eigenvalue weighted by atomic mass is 35.5. The van der Waals surface area contributed by atoms with E-state index in [2.05, 4.69) is 9.47 Å². The molecule has 0 saturated heterocycles. The highest BCUT2D eigenvalue weighted by Crippen LogP contribution is 2.20. The van der Waals surface area contributed by atoms with E-state index >= 15 is 0 Å². The molecule has 0 aliphatic carbocycles. The minimum atomic E-state index is -1.31. The topological polar surface area (TPSA) is 69.7 Å². The Labute approximate surface area is 129 Å². The first-order valence-electron chi connectivity index (χ1n) is 5.63. The van der Waals surface area contributed by atoms with Crippen molar-refractivity contribution < 1.29 is 37.0 Å². The fourth-order valence-electron chi connectivity index (χ4n) is 1.14. The summed E-state index contributed by atoms with van der Waals surface area (Å²) in [5.41, 5.74) is -1.21. The summed E-state index contributed by atoms with van der Waals surface area (Å²) in [6, 6.07) is 0.437. The summed E-state index contributed by atoms with van der Waals surface area (Å²) in [5.74, 6) is -4.88. The molecule has 122 valence electrons. The Morgan fingerprint density at radius 2 is 1.50 bits per heavy atom. The second kappa shape index (κ2) is 9.04. The molecule has 0 amide bonds. The van der Waals surface area contributed by atoms with E-state index in [1.807, 2.05) is 0 Å². The Morgan fingerprint density at radius 1 is 1.05 bits per heavy atom. The molecule has 0 fully saturated rings. The summed E-state index contributed by atoms with van der Waals surface area (Å²) in [7, 11) is 2.43. The van der Waals surface area contributed by atoms with Gasteiger partial charge in [-0.3, -0.25) is 14.4 Å². The van der Waals surface area contributed by atoms with Crippen molar-refractivity contribution in [3.63, 3.8) is 0 Å². The standard InChI is InChI=1S/C8H4ClF3O.C5H8O4/c1-3-6(11)4(8(9)13)2-5(10)7(3)12;1-8-4(6)3-5(7)9-2/h2H,1H3;3H2,1-2H3. The van der Waals surface area contributed by atoms with E-state index in [0.717, 1.165) is 6.92 Å². The van der Waals surface area contributed by atoms with E-state index in [4.69, 9.17) is 11.6 Å². The molecule has 0 aromatic heterocycles. The Morgan fingerprint density at radius 3 is 1.86 bits per heavy atom. The van der Waals surface area contributed by atoms with Gasteiger partial charge in [0.1, 0.15) is 12.2 Å². The third-order valence-electron chi connectivity index (χ3n) is 2.33. The average Bonchev–Trinajstić information content (AvgIpc) is 2.48. The number of hydrogen-bond acceptors (Lipinski definition) is 5. The first-order chi connectivity index (χ1) is 10.1. The Kier molecular flexibility index (Phi) is 8.18. The lowest BCUT2D eigenvalue weighted by atomic mass is 10.1. The summed E-state index contributed by atoms with van der Waals surface area (Å²) in [5, 5.41) is -1.15. The van der Waals surface area contributed by atoms with Crippen LogP contribution < -0.4 is 0 Å². The molecule has 0 atom stereocenters. The molecule has 1 aromatic rings. The third-order valence-corrected chi connectivity index (χ3v) is 2.54. The zero-order valence-corrected chi connectivity index (χ0v) is 12.6. The smallest absolute Gasteiger partial charge is 0.316 e. The monoisotopic (exact) mass is 340 g/mol. The van der Waals surface area contributed by atoms with Gasteiger partial charge in [-0.2, -0.15) is 0 Å². The van der Waals surface area contributed by atoms with Crippen LogP contribution in [0.4, 0.5) is 13.2 Å². The van der Waals surface area contributed by atoms with E-state index in [0.29, 0.717) is 6.07 Å². The number of benzene rings is 1. The molecule has 1 rings (SSSR count). The number of rotatable bonds is 3. The molecule has 0 aliphatic rings. The van der Waals surface area contributed by atoms with Gasteiger partial charge in [0.05, 0.1) is 19.8 Å². The summed E-state index contributed by atoms with van der Waals surface area (Å²) < 4.78 is 46.6. The molecule has 0 aliphatic heterocycles. The van der Waals surface area contributed by atoms with Crippen molar-refractivity contribution in [3.05, 3.63) is 34.6 Å². The molecule has 0 spiro atoms. The van der Waals surface area contributed by atoms with Crippen molar-refractivity contribution in [2.75, 3.05) is 14.2 Å². The van der Waals surface area contributed by atoms with Crippen molar-refractivity contribution in [2.24, 2.45) is 0 Å². The van der Waals surface area contributed by atoms with Gasteiger partial charge >= 0.3 is 11.9 Å². The van der Waals surface area contributed by atoms with Gasteiger partial charge in [0, 0.05) is 5.56 Å². The summed E-state index contributed by atoms with van der Waals surface area (Å²) in [6.45, 7) is 1.02. The van der Waals surface area contributed by atoms with E-state index in [9.17, 15) is 27.6 Å². The average molecular weight is 341 g/mol. The Bertz CT molecular complexity index is 576. The normalized spacial score (nSPS) is 9.41. The number of methoxy groups -OCH3 is 2. The largest absolute Gasteiger partial charge is 0.469 e. The van der Waals surface area contributed by atoms with E-state index in [-0.39, 0.29) is 6.42 Å². The SMILES string of the molecule is COC(=O)CC(=O)OC.Cc1c(F)c(F)cc(C(=O)Cl)c1F. The fourth-order valence-corrected chi connectivity index (χ4v) is 1.27. The second-order valence-electron chi connectivity index (χ2n) is 3.76. The van der Waals surface area contributed by atoms with Crippen LogP contribution in [0, 0.1) is 24.4 Å². The molecular formula is C13H12ClF3O5. The molecular weight excluding hydrogens is 329 g/mol. The van der Waals surface area contributed by atoms with Gasteiger partial charge in [0.2, 0.25) is 0 Å². The van der Waals surface area contributed by atoms with Gasteiger partial charge < -0.3 is 9.47 Å². The molecule has 0 N–H and O–H groups in total. The summed E-state index contributed by atoms with van der Waals surface area (Å²) >= 11 is 4.94. The number of carbonyl (C=O) groups excluding carboxylic acids is 3. The molecule has 9 heteroatoms. The van der Waals surface area contributed by atoms with E-state index < -0.39 is 45.8 Å². The maximum absolute atomic E-state index is 13.0. The first-order valence-corrected chi connectivity index (χ1v) is 6.01. The fraction of sp³-hybridized carbons (Fsp3) is 0.308.